The van der Waals surface area contributed by atoms with Gasteiger partial charge in [0.15, 0.2) is 0 Å². The first kappa shape index (κ1) is 34.6. The lowest BCUT2D eigenvalue weighted by Crippen LogP contribution is -1.96. The van der Waals surface area contributed by atoms with Gasteiger partial charge in [0, 0.05) is 69.9 Å². The third kappa shape index (κ3) is 5.08. The second kappa shape index (κ2) is 13.2. The number of nitrogens with zero attached hydrogens (tertiary/aromatic N) is 3. The van der Waals surface area contributed by atoms with Crippen LogP contribution in [-0.4, -0.2) is 13.7 Å². The summed E-state index contributed by atoms with van der Waals surface area (Å²) >= 11 is 1.82. The summed E-state index contributed by atoms with van der Waals surface area (Å²) in [5, 5.41) is 9.61. The van der Waals surface area contributed by atoms with Crippen molar-refractivity contribution in [2.45, 2.75) is 0 Å². The van der Waals surface area contributed by atoms with Crippen LogP contribution < -0.4 is 0 Å². The summed E-state index contributed by atoms with van der Waals surface area (Å²) in [6.45, 7) is 0. The van der Waals surface area contributed by atoms with Crippen molar-refractivity contribution in [3.05, 3.63) is 212 Å². The van der Waals surface area contributed by atoms with E-state index in [1.165, 1.54) is 75.3 Å². The summed E-state index contributed by atoms with van der Waals surface area (Å²) in [6, 6.07) is 77.3. The van der Waals surface area contributed by atoms with Gasteiger partial charge in [-0.3, -0.25) is 0 Å². The van der Waals surface area contributed by atoms with Crippen LogP contribution in [0.5, 0.6) is 0 Å². The fourth-order valence-electron chi connectivity index (χ4n) is 10.3. The molecule has 0 saturated carbocycles. The molecule has 0 fully saturated rings. The molecule has 14 rings (SSSR count). The maximum atomic E-state index is 6.51. The van der Waals surface area contributed by atoms with E-state index < -0.39 is 0 Å². The Morgan fingerprint density at radius 2 is 0.651 bits per heavy atom. The SMILES string of the molecule is c1ccc(-c2ccc(-c3ccc4oc5ccc(-n6c7ccc(-n8c9ccccc9c9ccccc98)cc7c7cc(-n8c9ccccc9c9ccccc98)ccc76)cc5c4c3)s2)cc1. The van der Waals surface area contributed by atoms with Crippen LogP contribution in [0.15, 0.2) is 217 Å². The number of hydrogen-bond donors (Lipinski definition) is 0. The van der Waals surface area contributed by atoms with E-state index in [1.54, 1.807) is 0 Å². The van der Waals surface area contributed by atoms with Crippen LogP contribution in [-0.2, 0) is 0 Å². The van der Waals surface area contributed by atoms with Gasteiger partial charge in [-0.1, -0.05) is 103 Å². The van der Waals surface area contributed by atoms with Crippen molar-refractivity contribution in [3.63, 3.8) is 0 Å². The van der Waals surface area contributed by atoms with Crippen molar-refractivity contribution in [2.24, 2.45) is 0 Å². The van der Waals surface area contributed by atoms with E-state index in [0.29, 0.717) is 0 Å². The Kier molecular flexibility index (Phi) is 7.24. The molecule has 5 heterocycles. The van der Waals surface area contributed by atoms with Crippen LogP contribution in [0, 0.1) is 0 Å². The van der Waals surface area contributed by atoms with Crippen molar-refractivity contribution in [1.29, 1.82) is 0 Å². The number of thiophene rings is 1. The second-order valence-electron chi connectivity index (χ2n) is 16.5. The maximum Gasteiger partial charge on any atom is 0.135 e. The fourth-order valence-corrected chi connectivity index (χ4v) is 11.3. The van der Waals surface area contributed by atoms with E-state index in [0.717, 1.165) is 50.0 Å². The molecule has 0 aliphatic carbocycles. The number of furan rings is 1. The summed E-state index contributed by atoms with van der Waals surface area (Å²) in [5.41, 5.74) is 14.6. The molecule has 5 aromatic heterocycles. The van der Waals surface area contributed by atoms with Gasteiger partial charge in [-0.25, -0.2) is 0 Å². The highest BCUT2D eigenvalue weighted by Crippen LogP contribution is 2.42. The Hall–Kier alpha value is -8.12. The molecule has 0 aliphatic heterocycles. The number of benzene rings is 9. The molecule has 9 aromatic carbocycles. The first-order chi connectivity index (χ1) is 31.2. The molecule has 63 heavy (non-hydrogen) atoms. The van der Waals surface area contributed by atoms with E-state index in [-0.39, 0.29) is 0 Å². The van der Waals surface area contributed by atoms with Gasteiger partial charge in [0.2, 0.25) is 0 Å². The van der Waals surface area contributed by atoms with E-state index in [4.69, 9.17) is 4.42 Å². The van der Waals surface area contributed by atoms with Gasteiger partial charge in [-0.15, -0.1) is 11.3 Å². The zero-order chi connectivity index (χ0) is 41.2. The Morgan fingerprint density at radius 3 is 1.16 bits per heavy atom. The monoisotopic (exact) mass is 821 g/mol. The Morgan fingerprint density at radius 1 is 0.270 bits per heavy atom. The van der Waals surface area contributed by atoms with Gasteiger partial charge < -0.3 is 18.1 Å². The Labute approximate surface area is 365 Å². The first-order valence-corrected chi connectivity index (χ1v) is 22.2. The summed E-state index contributed by atoms with van der Waals surface area (Å²) in [6.07, 6.45) is 0. The van der Waals surface area contributed by atoms with E-state index in [2.05, 4.69) is 226 Å². The normalized spacial score (nSPS) is 12.1. The lowest BCUT2D eigenvalue weighted by molar-refractivity contribution is 0.669. The summed E-state index contributed by atoms with van der Waals surface area (Å²) in [4.78, 5) is 2.50. The molecule has 294 valence electrons. The van der Waals surface area contributed by atoms with Crippen LogP contribution in [0.1, 0.15) is 0 Å². The van der Waals surface area contributed by atoms with Gasteiger partial charge in [0.25, 0.3) is 0 Å². The number of aromatic nitrogens is 3. The lowest BCUT2D eigenvalue weighted by Gasteiger charge is -2.11. The Balaban J connectivity index is 1.00. The molecular formula is C58H35N3OS. The summed E-state index contributed by atoms with van der Waals surface area (Å²) in [7, 11) is 0. The minimum Gasteiger partial charge on any atom is -0.456 e. The predicted molar refractivity (Wildman–Crippen MR) is 265 cm³/mol. The topological polar surface area (TPSA) is 27.9 Å². The van der Waals surface area contributed by atoms with Gasteiger partial charge >= 0.3 is 0 Å². The van der Waals surface area contributed by atoms with E-state index >= 15 is 0 Å². The third-order valence-electron chi connectivity index (χ3n) is 13.1. The lowest BCUT2D eigenvalue weighted by atomic mass is 10.1. The van der Waals surface area contributed by atoms with Crippen LogP contribution in [0.3, 0.4) is 0 Å². The first-order valence-electron chi connectivity index (χ1n) is 21.4. The van der Waals surface area contributed by atoms with Crippen LogP contribution >= 0.6 is 11.3 Å². The molecule has 14 aromatic rings. The highest BCUT2D eigenvalue weighted by Gasteiger charge is 2.20. The zero-order valence-electron chi connectivity index (χ0n) is 33.9. The molecule has 0 aliphatic rings. The average Bonchev–Trinajstić information content (AvgIpc) is 4.17. The molecule has 0 N–H and O–H groups in total. The van der Waals surface area contributed by atoms with Crippen LogP contribution in [0.4, 0.5) is 0 Å². The second-order valence-corrected chi connectivity index (χ2v) is 17.6. The molecule has 0 bridgehead atoms. The van der Waals surface area contributed by atoms with Crippen molar-refractivity contribution in [3.8, 4) is 37.9 Å². The third-order valence-corrected chi connectivity index (χ3v) is 14.3. The molecule has 4 nitrogen and oxygen atoms in total. The molecule has 0 radical (unpaired) electrons. The molecule has 5 heteroatoms. The number of hydrogen-bond acceptors (Lipinski definition) is 2. The maximum absolute atomic E-state index is 6.51. The van der Waals surface area contributed by atoms with Gasteiger partial charge in [0.05, 0.1) is 33.1 Å². The van der Waals surface area contributed by atoms with Crippen LogP contribution in [0.2, 0.25) is 0 Å². The van der Waals surface area contributed by atoms with Gasteiger partial charge in [0.1, 0.15) is 11.2 Å². The number of rotatable bonds is 5. The molecule has 0 saturated heterocycles. The van der Waals surface area contributed by atoms with Gasteiger partial charge in [-0.05, 0) is 120 Å². The highest BCUT2D eigenvalue weighted by atomic mass is 32.1. The van der Waals surface area contributed by atoms with E-state index in [1.807, 2.05) is 11.3 Å². The summed E-state index contributed by atoms with van der Waals surface area (Å²) < 4.78 is 13.8. The smallest absolute Gasteiger partial charge is 0.135 e. The van der Waals surface area contributed by atoms with Crippen molar-refractivity contribution in [1.82, 2.24) is 13.7 Å². The Bertz CT molecular complexity index is 3880. The van der Waals surface area contributed by atoms with E-state index in [9.17, 15) is 0 Å². The van der Waals surface area contributed by atoms with Crippen molar-refractivity contribution in [2.75, 3.05) is 0 Å². The number of para-hydroxylation sites is 4. The minimum absolute atomic E-state index is 0.880. The quantitative estimate of drug-likeness (QED) is 0.170. The fraction of sp³-hybridized carbons (Fsp3) is 0. The van der Waals surface area contributed by atoms with Gasteiger partial charge in [-0.2, -0.15) is 0 Å². The highest BCUT2D eigenvalue weighted by molar-refractivity contribution is 7.18. The zero-order valence-corrected chi connectivity index (χ0v) is 34.7. The van der Waals surface area contributed by atoms with Crippen molar-refractivity contribution >= 4 is 98.7 Å². The molecule has 0 atom stereocenters. The number of fused-ring (bicyclic) bond motifs is 12. The molecule has 0 spiro atoms. The largest absolute Gasteiger partial charge is 0.456 e. The molecular weight excluding hydrogens is 787 g/mol. The molecule has 0 unspecified atom stereocenters. The predicted octanol–water partition coefficient (Wildman–Crippen LogP) is 16.3. The average molecular weight is 822 g/mol. The minimum atomic E-state index is 0.880. The standard InChI is InChI=1S/C58H35N3OS/c1-2-12-36(13-3-1)57-30-31-58(63-57)37-22-28-55-47(32-37)48-35-40(25-29-56(48)62-55)61-53-26-23-38(59-49-18-8-4-14-41(49)42-15-5-9-19-50(42)59)33-45(53)46-34-39(24-27-54(46)61)60-51-20-10-6-16-43(51)44-17-7-11-21-52(44)60/h1-35H. The summed E-state index contributed by atoms with van der Waals surface area (Å²) in [5.74, 6) is 0. The molecule has 0 amide bonds. The van der Waals surface area contributed by atoms with Crippen molar-refractivity contribution < 1.29 is 4.42 Å². The van der Waals surface area contributed by atoms with Crippen LogP contribution in [0.25, 0.3) is 125 Å².